The lowest BCUT2D eigenvalue weighted by Gasteiger charge is -2.28. The van der Waals surface area contributed by atoms with Crippen molar-refractivity contribution in [3.63, 3.8) is 0 Å². The molecule has 1 atom stereocenters. The third-order valence-electron chi connectivity index (χ3n) is 4.93. The van der Waals surface area contributed by atoms with E-state index >= 15 is 0 Å². The fourth-order valence-corrected chi connectivity index (χ4v) is 5.24. The average Bonchev–Trinajstić information content (AvgIpc) is 3.39. The summed E-state index contributed by atoms with van der Waals surface area (Å²) in [6, 6.07) is 3.41. The molecule has 4 rings (SSSR count). The van der Waals surface area contributed by atoms with Gasteiger partial charge in [-0.25, -0.2) is 19.1 Å². The highest BCUT2D eigenvalue weighted by Crippen LogP contribution is 2.39. The minimum absolute atomic E-state index is 0.391. The van der Waals surface area contributed by atoms with Gasteiger partial charge in [-0.2, -0.15) is 0 Å². The molecule has 1 saturated heterocycles. The maximum atomic E-state index is 13.1. The summed E-state index contributed by atoms with van der Waals surface area (Å²) in [5.74, 6) is 0.466. The minimum Gasteiger partial charge on any atom is -0.448 e. The van der Waals surface area contributed by atoms with Crippen molar-refractivity contribution in [1.82, 2.24) is 14.5 Å². The molecule has 0 N–H and O–H groups in total. The molecule has 1 aliphatic heterocycles. The first-order valence-corrected chi connectivity index (χ1v) is 12.4. The van der Waals surface area contributed by atoms with Crippen LogP contribution in [-0.4, -0.2) is 44.4 Å². The number of likely N-dealkylation sites (tertiary alicyclic amines) is 1. The minimum atomic E-state index is -0.672. The van der Waals surface area contributed by atoms with Crippen LogP contribution in [0.1, 0.15) is 66.3 Å². The summed E-state index contributed by atoms with van der Waals surface area (Å²) in [6.07, 6.45) is 2.20. The number of rotatable bonds is 2. The number of hydrogen-bond acceptors (Lipinski definition) is 7. The third-order valence-corrected chi connectivity index (χ3v) is 6.41. The molecule has 0 radical (unpaired) electrons. The van der Waals surface area contributed by atoms with Crippen molar-refractivity contribution in [1.29, 1.82) is 0 Å². The number of amides is 1. The maximum Gasteiger partial charge on any atom is 0.420 e. The normalized spacial score (nSPS) is 17.1. The molecule has 1 amide bonds. The monoisotopic (exact) mass is 537 g/mol. The highest BCUT2D eigenvalue weighted by molar-refractivity contribution is 9.10. The van der Waals surface area contributed by atoms with Crippen LogP contribution in [0.5, 0.6) is 0 Å². The lowest BCUT2D eigenvalue weighted by atomic mass is 10.2. The van der Waals surface area contributed by atoms with Crippen molar-refractivity contribution in [3.05, 3.63) is 28.8 Å². The molecule has 1 aliphatic rings. The SMILES string of the molecule is CC(C)(C)OC(=O)N1CCCC1c1nc(-c2cc3oc(Br)cc3s2)cn1C(=O)OC(C)(C)C. The highest BCUT2D eigenvalue weighted by Gasteiger charge is 2.37. The Bertz CT molecular complexity index is 1170. The van der Waals surface area contributed by atoms with Gasteiger partial charge in [0.25, 0.3) is 0 Å². The van der Waals surface area contributed by atoms with E-state index < -0.39 is 29.4 Å². The second kappa shape index (κ2) is 8.47. The molecule has 1 unspecified atom stereocenters. The molecule has 1 fully saturated rings. The Morgan fingerprint density at radius 2 is 1.79 bits per heavy atom. The van der Waals surface area contributed by atoms with Crippen LogP contribution in [0.15, 0.2) is 27.4 Å². The lowest BCUT2D eigenvalue weighted by Crippen LogP contribution is -2.38. The van der Waals surface area contributed by atoms with E-state index in [2.05, 4.69) is 15.9 Å². The van der Waals surface area contributed by atoms with Gasteiger partial charge in [-0.3, -0.25) is 4.90 Å². The number of thiophene rings is 1. The van der Waals surface area contributed by atoms with Crippen LogP contribution in [0.4, 0.5) is 9.59 Å². The third kappa shape index (κ3) is 5.27. The van der Waals surface area contributed by atoms with Gasteiger partial charge in [0, 0.05) is 24.9 Å². The van der Waals surface area contributed by atoms with E-state index in [4.69, 9.17) is 18.9 Å². The number of fused-ring (bicyclic) bond motifs is 1. The molecule has 178 valence electrons. The van der Waals surface area contributed by atoms with Gasteiger partial charge in [-0.1, -0.05) is 0 Å². The molecule has 3 aromatic heterocycles. The van der Waals surface area contributed by atoms with E-state index in [1.54, 1.807) is 11.1 Å². The van der Waals surface area contributed by atoms with Crippen molar-refractivity contribution >= 4 is 49.7 Å². The van der Waals surface area contributed by atoms with E-state index in [-0.39, 0.29) is 0 Å². The van der Waals surface area contributed by atoms with Crippen LogP contribution in [-0.2, 0) is 9.47 Å². The standard InChI is InChI=1S/C23H28BrN3O5S/c1-22(2,3)31-20(28)26-9-7-8-14(26)19-25-13(12-27(19)21(29)32-23(4,5)6)16-10-15-17(33-16)11-18(24)30-15/h10-12,14H,7-9H2,1-6H3. The summed E-state index contributed by atoms with van der Waals surface area (Å²) < 4.78 is 19.9. The van der Waals surface area contributed by atoms with E-state index in [1.807, 2.05) is 53.7 Å². The van der Waals surface area contributed by atoms with Crippen LogP contribution in [0.3, 0.4) is 0 Å². The van der Waals surface area contributed by atoms with Gasteiger partial charge >= 0.3 is 12.2 Å². The Morgan fingerprint density at radius 3 is 2.42 bits per heavy atom. The Kier molecular flexibility index (Phi) is 6.11. The Hall–Kier alpha value is -2.33. The lowest BCUT2D eigenvalue weighted by molar-refractivity contribution is 0.0207. The van der Waals surface area contributed by atoms with Gasteiger partial charge in [-0.15, -0.1) is 11.3 Å². The number of ether oxygens (including phenoxy) is 2. The van der Waals surface area contributed by atoms with Crippen molar-refractivity contribution in [2.45, 2.75) is 71.6 Å². The number of hydrogen-bond donors (Lipinski definition) is 0. The number of aromatic nitrogens is 2. The summed E-state index contributed by atoms with van der Waals surface area (Å²) in [7, 11) is 0. The molecule has 8 nitrogen and oxygen atoms in total. The molecule has 0 aliphatic carbocycles. The van der Waals surface area contributed by atoms with E-state index in [0.717, 1.165) is 21.6 Å². The smallest absolute Gasteiger partial charge is 0.420 e. The number of furan rings is 1. The van der Waals surface area contributed by atoms with Crippen LogP contribution in [0.2, 0.25) is 0 Å². The first-order chi connectivity index (χ1) is 15.3. The van der Waals surface area contributed by atoms with Crippen molar-refractivity contribution in [2.75, 3.05) is 6.54 Å². The Balaban J connectivity index is 1.74. The number of imidazole rings is 1. The fraction of sp³-hybridized carbons (Fsp3) is 0.522. The number of carbonyl (C=O) groups excluding carboxylic acids is 2. The van der Waals surface area contributed by atoms with Gasteiger partial charge in [0.1, 0.15) is 22.6 Å². The van der Waals surface area contributed by atoms with Crippen LogP contribution < -0.4 is 0 Å². The van der Waals surface area contributed by atoms with Crippen LogP contribution in [0.25, 0.3) is 20.9 Å². The summed E-state index contributed by atoms with van der Waals surface area (Å²) in [5, 5.41) is 0. The molecule has 4 heterocycles. The second-order valence-electron chi connectivity index (χ2n) is 10.1. The van der Waals surface area contributed by atoms with Gasteiger partial charge in [0.2, 0.25) is 0 Å². The number of halogens is 1. The Morgan fingerprint density at radius 1 is 1.12 bits per heavy atom. The van der Waals surface area contributed by atoms with Crippen LogP contribution >= 0.6 is 27.3 Å². The largest absolute Gasteiger partial charge is 0.448 e. The van der Waals surface area contributed by atoms with E-state index in [0.29, 0.717) is 29.2 Å². The van der Waals surface area contributed by atoms with Crippen molar-refractivity contribution in [2.24, 2.45) is 0 Å². The predicted octanol–water partition coefficient (Wildman–Crippen LogP) is 6.98. The molecule has 3 aromatic rings. The van der Waals surface area contributed by atoms with Gasteiger partial charge < -0.3 is 13.9 Å². The van der Waals surface area contributed by atoms with Gasteiger partial charge in [-0.05, 0) is 70.3 Å². The highest BCUT2D eigenvalue weighted by atomic mass is 79.9. The van der Waals surface area contributed by atoms with Crippen molar-refractivity contribution < 1.29 is 23.5 Å². The molecule has 0 saturated carbocycles. The molecular weight excluding hydrogens is 510 g/mol. The summed E-state index contributed by atoms with van der Waals surface area (Å²) in [4.78, 5) is 33.3. The zero-order valence-corrected chi connectivity index (χ0v) is 22.0. The Labute approximate surface area is 205 Å². The molecule has 0 bridgehead atoms. The summed E-state index contributed by atoms with van der Waals surface area (Å²) >= 11 is 4.86. The summed E-state index contributed by atoms with van der Waals surface area (Å²) in [6.45, 7) is 11.5. The number of carbonyl (C=O) groups is 2. The molecule has 33 heavy (non-hydrogen) atoms. The molecular formula is C23H28BrN3O5S. The quantitative estimate of drug-likeness (QED) is 0.350. The van der Waals surface area contributed by atoms with Gasteiger partial charge in [0.05, 0.1) is 21.3 Å². The maximum absolute atomic E-state index is 13.1. The van der Waals surface area contributed by atoms with Gasteiger partial charge in [0.15, 0.2) is 4.67 Å². The van der Waals surface area contributed by atoms with Crippen molar-refractivity contribution in [3.8, 4) is 10.6 Å². The predicted molar refractivity (Wildman–Crippen MR) is 130 cm³/mol. The molecule has 10 heteroatoms. The van der Waals surface area contributed by atoms with E-state index in [9.17, 15) is 9.59 Å². The second-order valence-corrected chi connectivity index (χ2v) is 11.9. The topological polar surface area (TPSA) is 86.8 Å². The fourth-order valence-electron chi connectivity index (χ4n) is 3.71. The molecule has 0 aromatic carbocycles. The zero-order valence-electron chi connectivity index (χ0n) is 19.6. The molecule has 0 spiro atoms. The average molecular weight is 538 g/mol. The van der Waals surface area contributed by atoms with Crippen LogP contribution in [0, 0.1) is 0 Å². The first kappa shape index (κ1) is 23.8. The first-order valence-electron chi connectivity index (χ1n) is 10.8. The summed E-state index contributed by atoms with van der Waals surface area (Å²) in [5.41, 5.74) is 0.0785. The number of nitrogens with zero attached hydrogens (tertiary/aromatic N) is 3. The van der Waals surface area contributed by atoms with E-state index in [1.165, 1.54) is 15.9 Å². The zero-order chi connectivity index (χ0) is 24.1.